The summed E-state index contributed by atoms with van der Waals surface area (Å²) in [6, 6.07) is 9.12. The smallest absolute Gasteiger partial charge is 0.330 e. The van der Waals surface area contributed by atoms with Gasteiger partial charge in [0.1, 0.15) is 24.1 Å². The van der Waals surface area contributed by atoms with Crippen LogP contribution in [-0.2, 0) is 30.6 Å². The summed E-state index contributed by atoms with van der Waals surface area (Å²) in [7, 11) is 0. The van der Waals surface area contributed by atoms with Gasteiger partial charge in [-0.15, -0.1) is 0 Å². The van der Waals surface area contributed by atoms with E-state index in [1.807, 2.05) is 6.07 Å². The third kappa shape index (κ3) is 6.70. The number of carbonyl (C=O) groups excluding carboxylic acids is 1. The molecule has 198 valence electrons. The van der Waals surface area contributed by atoms with E-state index >= 15 is 0 Å². The van der Waals surface area contributed by atoms with Crippen LogP contribution in [-0.4, -0.2) is 51.6 Å². The van der Waals surface area contributed by atoms with Crippen molar-refractivity contribution in [3.63, 3.8) is 0 Å². The summed E-state index contributed by atoms with van der Waals surface area (Å²) in [4.78, 5) is 38.4. The third-order valence-corrected chi connectivity index (χ3v) is 8.09. The molecule has 0 saturated carbocycles. The van der Waals surface area contributed by atoms with E-state index in [0.29, 0.717) is 5.75 Å². The van der Waals surface area contributed by atoms with Crippen LogP contribution in [0.5, 0.6) is 5.75 Å². The molecule has 0 amide bonds. The van der Waals surface area contributed by atoms with Gasteiger partial charge in [0.2, 0.25) is 0 Å². The second kappa shape index (κ2) is 11.4. The zero-order chi connectivity index (χ0) is 26.7. The first-order chi connectivity index (χ1) is 16.8. The van der Waals surface area contributed by atoms with Crippen LogP contribution in [0.15, 0.2) is 52.2 Å². The highest BCUT2D eigenvalue weighted by atomic mass is 32.5. The summed E-state index contributed by atoms with van der Waals surface area (Å²) in [5.74, 6) is -0.0843. The molecule has 1 aliphatic heterocycles. The first kappa shape index (κ1) is 28.2. The Morgan fingerprint density at radius 3 is 2.53 bits per heavy atom. The lowest BCUT2D eigenvalue weighted by Crippen LogP contribution is -2.40. The summed E-state index contributed by atoms with van der Waals surface area (Å²) in [6.07, 6.45) is -1.81. The van der Waals surface area contributed by atoms with Gasteiger partial charge in [-0.2, -0.15) is 0 Å². The molecule has 0 radical (unpaired) electrons. The second-order valence-corrected chi connectivity index (χ2v) is 12.5. The van der Waals surface area contributed by atoms with Gasteiger partial charge in [-0.05, 0) is 44.7 Å². The largest absolute Gasteiger partial charge is 0.462 e. The van der Waals surface area contributed by atoms with Gasteiger partial charge < -0.3 is 23.6 Å². The summed E-state index contributed by atoms with van der Waals surface area (Å²) in [5.41, 5.74) is -2.12. The molecular formula is C23H32N3O8PS. The van der Waals surface area contributed by atoms with Crippen LogP contribution >= 0.6 is 6.64 Å². The van der Waals surface area contributed by atoms with Crippen LogP contribution in [0.4, 0.5) is 0 Å². The minimum Gasteiger partial charge on any atom is -0.462 e. The van der Waals surface area contributed by atoms with E-state index in [0.717, 1.165) is 0 Å². The molecule has 0 spiro atoms. The molecule has 3 rings (SSSR count). The van der Waals surface area contributed by atoms with Crippen molar-refractivity contribution >= 4 is 24.4 Å². The summed E-state index contributed by atoms with van der Waals surface area (Å²) >= 11 is 5.70. The number of carbonyl (C=O) groups is 1. The predicted molar refractivity (Wildman–Crippen MR) is 136 cm³/mol. The van der Waals surface area contributed by atoms with Gasteiger partial charge in [0.05, 0.1) is 18.8 Å². The molecule has 1 fully saturated rings. The van der Waals surface area contributed by atoms with Gasteiger partial charge in [0.25, 0.3) is 5.56 Å². The minimum absolute atomic E-state index is 0.192. The van der Waals surface area contributed by atoms with E-state index in [9.17, 15) is 19.5 Å². The van der Waals surface area contributed by atoms with E-state index in [2.05, 4.69) is 10.1 Å². The van der Waals surface area contributed by atoms with Gasteiger partial charge in [-0.25, -0.2) is 9.88 Å². The number of nitrogens with zero attached hydrogens (tertiary/aromatic N) is 1. The number of H-pyrrole nitrogens is 1. The van der Waals surface area contributed by atoms with Crippen LogP contribution in [0.2, 0.25) is 0 Å². The Hall–Kier alpha value is -2.34. The maximum atomic E-state index is 12.4. The van der Waals surface area contributed by atoms with Crippen LogP contribution in [0.25, 0.3) is 0 Å². The Balaban J connectivity index is 1.80. The molecule has 1 unspecified atom stereocenters. The number of aromatic amines is 1. The van der Waals surface area contributed by atoms with E-state index in [1.165, 1.54) is 16.8 Å². The Morgan fingerprint density at radius 2 is 1.92 bits per heavy atom. The Bertz CT molecular complexity index is 1220. The van der Waals surface area contributed by atoms with Crippen molar-refractivity contribution in [2.24, 2.45) is 5.41 Å². The highest BCUT2D eigenvalue weighted by Gasteiger charge is 2.51. The van der Waals surface area contributed by atoms with Crippen LogP contribution in [0, 0.1) is 5.41 Å². The zero-order valence-corrected chi connectivity index (χ0v) is 22.5. The monoisotopic (exact) mass is 541 g/mol. The highest BCUT2D eigenvalue weighted by Crippen LogP contribution is 2.49. The van der Waals surface area contributed by atoms with Crippen LogP contribution in [0.3, 0.4) is 0 Å². The van der Waals surface area contributed by atoms with Crippen molar-refractivity contribution in [2.45, 2.75) is 65.2 Å². The fourth-order valence-corrected chi connectivity index (χ4v) is 6.13. The van der Waals surface area contributed by atoms with Crippen molar-refractivity contribution in [1.29, 1.82) is 0 Å². The van der Waals surface area contributed by atoms with E-state index in [4.69, 9.17) is 30.3 Å². The number of aromatic nitrogens is 2. The van der Waals surface area contributed by atoms with Crippen molar-refractivity contribution < 1.29 is 28.4 Å². The average Bonchev–Trinajstić information content (AvgIpc) is 3.01. The van der Waals surface area contributed by atoms with Crippen molar-refractivity contribution in [1.82, 2.24) is 14.6 Å². The van der Waals surface area contributed by atoms with Crippen molar-refractivity contribution in [2.75, 3.05) is 6.61 Å². The SMILES string of the molecule is CC(C)OC(=O)[C@@H](C)NP(=S)(OC[C@H]1O[C@@H](n2ccc(=O)[nH]c2=O)C(C)(C)[C@@H]1O)Oc1ccccc1. The lowest BCUT2D eigenvalue weighted by Gasteiger charge is -2.29. The normalized spacial score (nSPS) is 23.7. The molecule has 1 aromatic heterocycles. The van der Waals surface area contributed by atoms with Gasteiger partial charge >= 0.3 is 18.3 Å². The summed E-state index contributed by atoms with van der Waals surface area (Å²) in [5, 5.41) is 13.9. The molecule has 1 aliphatic rings. The number of ether oxygens (including phenoxy) is 2. The molecule has 5 atom stereocenters. The first-order valence-electron chi connectivity index (χ1n) is 11.4. The van der Waals surface area contributed by atoms with Gasteiger partial charge in [0, 0.05) is 17.7 Å². The molecule has 3 N–H and O–H groups in total. The lowest BCUT2D eigenvalue weighted by atomic mass is 9.84. The second-order valence-electron chi connectivity index (χ2n) is 9.34. The van der Waals surface area contributed by atoms with E-state index < -0.39 is 53.8 Å². The minimum atomic E-state index is -3.35. The summed E-state index contributed by atoms with van der Waals surface area (Å²) in [6.45, 7) is 5.00. The van der Waals surface area contributed by atoms with E-state index in [1.54, 1.807) is 58.9 Å². The number of rotatable bonds is 10. The number of hydrogen-bond donors (Lipinski definition) is 3. The van der Waals surface area contributed by atoms with Gasteiger partial charge in [0.15, 0.2) is 0 Å². The molecule has 1 saturated heterocycles. The molecule has 11 nitrogen and oxygen atoms in total. The Kier molecular flexibility index (Phi) is 8.92. The molecule has 13 heteroatoms. The Morgan fingerprint density at radius 1 is 1.25 bits per heavy atom. The molecular weight excluding hydrogens is 509 g/mol. The number of nitrogens with one attached hydrogen (secondary N) is 2. The first-order valence-corrected chi connectivity index (χ1v) is 14.1. The average molecular weight is 542 g/mol. The van der Waals surface area contributed by atoms with Gasteiger partial charge in [-0.1, -0.05) is 32.0 Å². The van der Waals surface area contributed by atoms with Crippen LogP contribution in [0.1, 0.15) is 40.8 Å². The van der Waals surface area contributed by atoms with Crippen molar-refractivity contribution in [3.8, 4) is 5.75 Å². The van der Waals surface area contributed by atoms with Crippen molar-refractivity contribution in [3.05, 3.63) is 63.4 Å². The lowest BCUT2D eigenvalue weighted by molar-refractivity contribution is -0.149. The maximum absolute atomic E-state index is 12.4. The van der Waals surface area contributed by atoms with Crippen LogP contribution < -0.4 is 20.9 Å². The molecule has 0 aliphatic carbocycles. The number of esters is 1. The number of para-hydroxylation sites is 1. The topological polar surface area (TPSA) is 141 Å². The number of aliphatic hydroxyl groups is 1. The Labute approximate surface area is 214 Å². The number of benzene rings is 1. The fourth-order valence-electron chi connectivity index (χ4n) is 3.71. The fraction of sp³-hybridized carbons (Fsp3) is 0.522. The molecule has 2 heterocycles. The molecule has 2 aromatic rings. The predicted octanol–water partition coefficient (Wildman–Crippen LogP) is 2.07. The molecule has 36 heavy (non-hydrogen) atoms. The number of hydrogen-bond acceptors (Lipinski definition) is 9. The zero-order valence-electron chi connectivity index (χ0n) is 20.7. The number of aliphatic hydroxyl groups excluding tert-OH is 1. The standard InChI is InChI=1S/C23H32N3O8PS/c1-14(2)32-20(29)15(3)25-35(36,34-16-9-7-6-8-10-16)31-13-17-19(28)23(4,5)21(33-17)26-12-11-18(27)24-22(26)30/h6-12,14-15,17,19,21,28H,13H2,1-5H3,(H,25,36)(H,24,27,30)/t15-,17-,19-,21-,35?/m1/s1. The molecule has 0 bridgehead atoms. The highest BCUT2D eigenvalue weighted by molar-refractivity contribution is 8.09. The summed E-state index contributed by atoms with van der Waals surface area (Å²) < 4.78 is 24.4. The third-order valence-electron chi connectivity index (χ3n) is 5.59. The van der Waals surface area contributed by atoms with E-state index in [-0.39, 0.29) is 12.7 Å². The molecule has 1 aromatic carbocycles. The van der Waals surface area contributed by atoms with Gasteiger partial charge in [-0.3, -0.25) is 19.1 Å². The quantitative estimate of drug-likeness (QED) is 0.302. The maximum Gasteiger partial charge on any atom is 0.330 e.